The standard InChI is InChI=1S/C23H45N3O2/c1-7-21(28-20-11-15-26(16-12-20)18(3)4)23(5,6)17-25-13-9-19(10-14-25)24-22(27)8-2/h18-21H,7-17H2,1-6H3,(H,24,27). The summed E-state index contributed by atoms with van der Waals surface area (Å²) >= 11 is 0. The number of carbonyl (C=O) groups excluding carboxylic acids is 1. The van der Waals surface area contributed by atoms with Gasteiger partial charge in [-0.05, 0) is 46.0 Å². The van der Waals surface area contributed by atoms with E-state index >= 15 is 0 Å². The smallest absolute Gasteiger partial charge is 0.219 e. The first kappa shape index (κ1) is 23.6. The topological polar surface area (TPSA) is 44.8 Å². The summed E-state index contributed by atoms with van der Waals surface area (Å²) < 4.78 is 6.65. The zero-order chi connectivity index (χ0) is 20.7. The van der Waals surface area contributed by atoms with Crippen LogP contribution in [0.5, 0.6) is 0 Å². The molecule has 1 unspecified atom stereocenters. The van der Waals surface area contributed by atoms with E-state index in [2.05, 4.69) is 49.7 Å². The molecule has 0 aliphatic carbocycles. The number of hydrogen-bond donors (Lipinski definition) is 1. The lowest BCUT2D eigenvalue weighted by Gasteiger charge is -2.43. The maximum absolute atomic E-state index is 11.6. The van der Waals surface area contributed by atoms with Crippen LogP contribution in [0.3, 0.4) is 0 Å². The van der Waals surface area contributed by atoms with Crippen molar-refractivity contribution in [1.29, 1.82) is 0 Å². The molecule has 0 aromatic rings. The molecule has 0 spiro atoms. The Kier molecular flexibility index (Phi) is 9.23. The van der Waals surface area contributed by atoms with Crippen LogP contribution in [0.15, 0.2) is 0 Å². The number of nitrogens with zero attached hydrogens (tertiary/aromatic N) is 2. The number of nitrogens with one attached hydrogen (secondary N) is 1. The van der Waals surface area contributed by atoms with Crippen LogP contribution >= 0.6 is 0 Å². The van der Waals surface area contributed by atoms with E-state index in [4.69, 9.17) is 4.74 Å². The first-order valence-electron chi connectivity index (χ1n) is 11.7. The predicted molar refractivity (Wildman–Crippen MR) is 117 cm³/mol. The molecule has 1 amide bonds. The molecule has 0 bridgehead atoms. The molecule has 0 radical (unpaired) electrons. The lowest BCUT2D eigenvalue weighted by atomic mass is 9.83. The zero-order valence-electron chi connectivity index (χ0n) is 19.3. The first-order valence-corrected chi connectivity index (χ1v) is 11.7. The van der Waals surface area contributed by atoms with Gasteiger partial charge in [0, 0.05) is 56.6 Å². The van der Waals surface area contributed by atoms with Crippen LogP contribution in [0, 0.1) is 5.41 Å². The second-order valence-corrected chi connectivity index (χ2v) is 9.82. The summed E-state index contributed by atoms with van der Waals surface area (Å²) in [6, 6.07) is 1.00. The van der Waals surface area contributed by atoms with Crippen molar-refractivity contribution in [2.24, 2.45) is 5.41 Å². The SMILES string of the molecule is CCC(=O)NC1CCN(CC(C)(C)C(CC)OC2CCN(C(C)C)CC2)CC1. The summed E-state index contributed by atoms with van der Waals surface area (Å²) in [6.07, 6.45) is 6.81. The molecule has 0 aromatic carbocycles. The molecule has 0 aromatic heterocycles. The third-order valence-corrected chi connectivity index (χ3v) is 6.71. The summed E-state index contributed by atoms with van der Waals surface area (Å²) in [6.45, 7) is 19.0. The minimum atomic E-state index is 0.142. The lowest BCUT2D eigenvalue weighted by Crippen LogP contribution is -2.50. The fourth-order valence-corrected chi connectivity index (χ4v) is 4.84. The molecular formula is C23H45N3O2. The average Bonchev–Trinajstić information content (AvgIpc) is 2.67. The van der Waals surface area contributed by atoms with Gasteiger partial charge in [0.15, 0.2) is 0 Å². The monoisotopic (exact) mass is 395 g/mol. The fraction of sp³-hybridized carbons (Fsp3) is 0.957. The summed E-state index contributed by atoms with van der Waals surface area (Å²) in [4.78, 5) is 16.8. The Morgan fingerprint density at radius 2 is 1.68 bits per heavy atom. The van der Waals surface area contributed by atoms with Gasteiger partial charge in [-0.3, -0.25) is 4.79 Å². The van der Waals surface area contributed by atoms with Crippen LogP contribution in [0.25, 0.3) is 0 Å². The van der Waals surface area contributed by atoms with Crippen molar-refractivity contribution in [3.63, 3.8) is 0 Å². The minimum Gasteiger partial charge on any atom is -0.374 e. The maximum Gasteiger partial charge on any atom is 0.219 e. The Balaban J connectivity index is 1.79. The van der Waals surface area contributed by atoms with Crippen LogP contribution in [0.2, 0.25) is 0 Å². The van der Waals surface area contributed by atoms with Crippen LogP contribution in [0.4, 0.5) is 0 Å². The highest BCUT2D eigenvalue weighted by atomic mass is 16.5. The molecule has 2 rings (SSSR count). The molecule has 5 nitrogen and oxygen atoms in total. The quantitative estimate of drug-likeness (QED) is 0.647. The van der Waals surface area contributed by atoms with Crippen LogP contribution in [-0.4, -0.2) is 72.7 Å². The van der Waals surface area contributed by atoms with Crippen molar-refractivity contribution in [1.82, 2.24) is 15.1 Å². The highest BCUT2D eigenvalue weighted by Crippen LogP contribution is 2.31. The molecule has 5 heteroatoms. The van der Waals surface area contributed by atoms with Crippen molar-refractivity contribution in [2.75, 3.05) is 32.7 Å². The second-order valence-electron chi connectivity index (χ2n) is 9.82. The zero-order valence-corrected chi connectivity index (χ0v) is 19.3. The fourth-order valence-electron chi connectivity index (χ4n) is 4.84. The number of ether oxygens (including phenoxy) is 1. The van der Waals surface area contributed by atoms with E-state index in [1.165, 1.54) is 0 Å². The summed E-state index contributed by atoms with van der Waals surface area (Å²) in [7, 11) is 0. The molecule has 1 N–H and O–H groups in total. The normalized spacial score (nSPS) is 22.5. The predicted octanol–water partition coefficient (Wildman–Crippen LogP) is 3.67. The largest absolute Gasteiger partial charge is 0.374 e. The second kappa shape index (κ2) is 10.9. The number of rotatable bonds is 9. The van der Waals surface area contributed by atoms with Gasteiger partial charge in [-0.2, -0.15) is 0 Å². The molecule has 2 fully saturated rings. The van der Waals surface area contributed by atoms with E-state index in [9.17, 15) is 4.79 Å². The summed E-state index contributed by atoms with van der Waals surface area (Å²) in [5.41, 5.74) is 0.142. The Bertz CT molecular complexity index is 464. The molecule has 2 saturated heterocycles. The molecular weight excluding hydrogens is 350 g/mol. The highest BCUT2D eigenvalue weighted by Gasteiger charge is 2.35. The van der Waals surface area contributed by atoms with Crippen molar-refractivity contribution >= 4 is 5.91 Å². The van der Waals surface area contributed by atoms with E-state index in [0.29, 0.717) is 30.7 Å². The van der Waals surface area contributed by atoms with Gasteiger partial charge < -0.3 is 19.9 Å². The van der Waals surface area contributed by atoms with Gasteiger partial charge in [0.05, 0.1) is 12.2 Å². The van der Waals surface area contributed by atoms with E-state index in [1.807, 2.05) is 6.92 Å². The van der Waals surface area contributed by atoms with Crippen LogP contribution in [-0.2, 0) is 9.53 Å². The van der Waals surface area contributed by atoms with Gasteiger partial charge in [0.25, 0.3) is 0 Å². The molecule has 2 aliphatic heterocycles. The van der Waals surface area contributed by atoms with E-state index in [1.54, 1.807) is 0 Å². The van der Waals surface area contributed by atoms with Crippen molar-refractivity contribution < 1.29 is 9.53 Å². The molecule has 1 atom stereocenters. The molecule has 28 heavy (non-hydrogen) atoms. The van der Waals surface area contributed by atoms with Gasteiger partial charge in [0.1, 0.15) is 0 Å². The summed E-state index contributed by atoms with van der Waals surface area (Å²) in [5, 5.41) is 3.16. The molecule has 2 heterocycles. The Hall–Kier alpha value is -0.650. The van der Waals surface area contributed by atoms with E-state index in [0.717, 1.165) is 64.8 Å². The number of carbonyl (C=O) groups is 1. The average molecular weight is 396 g/mol. The number of hydrogen-bond acceptors (Lipinski definition) is 4. The Morgan fingerprint density at radius 3 is 2.18 bits per heavy atom. The minimum absolute atomic E-state index is 0.142. The highest BCUT2D eigenvalue weighted by molar-refractivity contribution is 5.75. The van der Waals surface area contributed by atoms with Crippen molar-refractivity contribution in [3.05, 3.63) is 0 Å². The van der Waals surface area contributed by atoms with Crippen molar-refractivity contribution in [3.8, 4) is 0 Å². The van der Waals surface area contributed by atoms with Crippen molar-refractivity contribution in [2.45, 2.75) is 104 Å². The summed E-state index contributed by atoms with van der Waals surface area (Å²) in [5.74, 6) is 0.182. The van der Waals surface area contributed by atoms with Gasteiger partial charge in [-0.15, -0.1) is 0 Å². The lowest BCUT2D eigenvalue weighted by molar-refractivity contribution is -0.121. The van der Waals surface area contributed by atoms with Gasteiger partial charge in [-0.25, -0.2) is 0 Å². The molecule has 164 valence electrons. The third-order valence-electron chi connectivity index (χ3n) is 6.71. The number of likely N-dealkylation sites (tertiary alicyclic amines) is 2. The van der Waals surface area contributed by atoms with Crippen LogP contribution in [0.1, 0.15) is 80.1 Å². The Morgan fingerprint density at radius 1 is 1.07 bits per heavy atom. The maximum atomic E-state index is 11.6. The number of piperidine rings is 2. The van der Waals surface area contributed by atoms with Gasteiger partial charge >= 0.3 is 0 Å². The van der Waals surface area contributed by atoms with E-state index < -0.39 is 0 Å². The Labute approximate surface area is 173 Å². The number of amides is 1. The molecule has 0 saturated carbocycles. The first-order chi connectivity index (χ1) is 13.2. The van der Waals surface area contributed by atoms with Crippen LogP contribution < -0.4 is 5.32 Å². The van der Waals surface area contributed by atoms with Gasteiger partial charge in [-0.1, -0.05) is 27.7 Å². The third kappa shape index (κ3) is 7.00. The van der Waals surface area contributed by atoms with Gasteiger partial charge in [0.2, 0.25) is 5.91 Å². The van der Waals surface area contributed by atoms with E-state index in [-0.39, 0.29) is 11.3 Å². The molecule has 2 aliphatic rings.